The van der Waals surface area contributed by atoms with Crippen molar-refractivity contribution in [3.05, 3.63) is 71.8 Å². The van der Waals surface area contributed by atoms with Crippen molar-refractivity contribution in [2.24, 2.45) is 5.92 Å². The molecular weight excluding hydrogens is 338 g/mol. The number of para-hydroxylation sites is 1. The second-order valence-corrected chi connectivity index (χ2v) is 7.08. The van der Waals surface area contributed by atoms with E-state index < -0.39 is 5.92 Å². The maximum absolute atomic E-state index is 12.6. The molecule has 0 aromatic heterocycles. The van der Waals surface area contributed by atoms with E-state index in [2.05, 4.69) is 0 Å². The Morgan fingerprint density at radius 1 is 0.963 bits per heavy atom. The lowest BCUT2D eigenvalue weighted by Crippen LogP contribution is -2.28. The molecule has 1 aliphatic rings. The molecule has 1 fully saturated rings. The minimum Gasteiger partial charge on any atom is -0.426 e. The molecule has 0 unspecified atom stereocenters. The topological polar surface area (TPSA) is 46.6 Å². The maximum Gasteiger partial charge on any atom is 0.316 e. The minimum absolute atomic E-state index is 0.0344. The van der Waals surface area contributed by atoms with Gasteiger partial charge in [0.2, 0.25) is 5.91 Å². The van der Waals surface area contributed by atoms with Crippen LogP contribution in [0.5, 0.6) is 5.75 Å². The summed E-state index contributed by atoms with van der Waals surface area (Å²) in [6, 6.07) is 19.4. The van der Waals surface area contributed by atoms with E-state index in [9.17, 15) is 9.59 Å². The Morgan fingerprint density at radius 2 is 1.67 bits per heavy atom. The van der Waals surface area contributed by atoms with Crippen molar-refractivity contribution in [3.8, 4) is 5.75 Å². The number of rotatable bonds is 3. The normalized spacial score (nSPS) is 16.7. The summed E-state index contributed by atoms with van der Waals surface area (Å²) in [5.41, 5.74) is 2.97. The number of carbonyl (C=O) groups is 2. The third-order valence-corrected chi connectivity index (χ3v) is 5.11. The Kier molecular flexibility index (Phi) is 4.40. The lowest BCUT2D eigenvalue weighted by Gasteiger charge is -2.21. The van der Waals surface area contributed by atoms with E-state index in [0.717, 1.165) is 27.6 Å². The van der Waals surface area contributed by atoms with Gasteiger partial charge in [-0.15, -0.1) is 0 Å². The summed E-state index contributed by atoms with van der Waals surface area (Å²) in [6.45, 7) is 4.32. The first kappa shape index (κ1) is 17.3. The molecule has 136 valence electrons. The lowest BCUT2D eigenvalue weighted by molar-refractivity contribution is -0.139. The fourth-order valence-electron chi connectivity index (χ4n) is 3.74. The predicted molar refractivity (Wildman–Crippen MR) is 106 cm³/mol. The van der Waals surface area contributed by atoms with Crippen molar-refractivity contribution in [1.29, 1.82) is 0 Å². The fraction of sp³-hybridized carbons (Fsp3) is 0.217. The molecule has 3 aromatic rings. The largest absolute Gasteiger partial charge is 0.426 e. The van der Waals surface area contributed by atoms with E-state index >= 15 is 0 Å². The molecule has 1 heterocycles. The third-order valence-electron chi connectivity index (χ3n) is 5.11. The molecule has 0 bridgehead atoms. The highest BCUT2D eigenvalue weighted by atomic mass is 16.5. The van der Waals surface area contributed by atoms with Crippen molar-refractivity contribution >= 4 is 28.3 Å². The molecule has 0 aliphatic carbocycles. The molecule has 3 aromatic carbocycles. The highest BCUT2D eigenvalue weighted by molar-refractivity contribution is 6.01. The van der Waals surface area contributed by atoms with Gasteiger partial charge in [0.1, 0.15) is 5.75 Å². The zero-order chi connectivity index (χ0) is 19.0. The standard InChI is InChI=1S/C23H21NO3/c1-15-6-5-7-16(2)22(15)24-14-19(13-21(24)25)23(26)27-20-11-10-17-8-3-4-9-18(17)12-20/h3-12,19H,13-14H2,1-2H3/t19-/m0/s1. The number of carbonyl (C=O) groups excluding carboxylic acids is 2. The molecule has 4 heteroatoms. The number of fused-ring (bicyclic) bond motifs is 1. The number of benzene rings is 3. The van der Waals surface area contributed by atoms with Gasteiger partial charge in [0.15, 0.2) is 0 Å². The smallest absolute Gasteiger partial charge is 0.316 e. The number of hydrogen-bond acceptors (Lipinski definition) is 3. The number of nitrogens with zero attached hydrogens (tertiary/aromatic N) is 1. The van der Waals surface area contributed by atoms with Gasteiger partial charge in [-0.3, -0.25) is 9.59 Å². The molecule has 4 nitrogen and oxygen atoms in total. The van der Waals surface area contributed by atoms with Crippen LogP contribution < -0.4 is 9.64 Å². The summed E-state index contributed by atoms with van der Waals surface area (Å²) in [5.74, 6) is -0.333. The average molecular weight is 359 g/mol. The molecule has 27 heavy (non-hydrogen) atoms. The van der Waals surface area contributed by atoms with Crippen molar-refractivity contribution in [1.82, 2.24) is 0 Å². The Bertz CT molecular complexity index is 1020. The number of amides is 1. The lowest BCUT2D eigenvalue weighted by atomic mass is 10.1. The van der Waals surface area contributed by atoms with E-state index in [-0.39, 0.29) is 18.3 Å². The summed E-state index contributed by atoms with van der Waals surface area (Å²) < 4.78 is 5.58. The summed E-state index contributed by atoms with van der Waals surface area (Å²) in [4.78, 5) is 26.9. The van der Waals surface area contributed by atoms with Crippen molar-refractivity contribution < 1.29 is 14.3 Å². The molecule has 0 saturated carbocycles. The van der Waals surface area contributed by atoms with E-state index in [4.69, 9.17) is 4.74 Å². The van der Waals surface area contributed by atoms with Gasteiger partial charge in [-0.25, -0.2) is 0 Å². The number of aryl methyl sites for hydroxylation is 2. The zero-order valence-corrected chi connectivity index (χ0v) is 15.4. The van der Waals surface area contributed by atoms with E-state index in [0.29, 0.717) is 12.3 Å². The van der Waals surface area contributed by atoms with Crippen LogP contribution in [0.25, 0.3) is 10.8 Å². The Morgan fingerprint density at radius 3 is 2.41 bits per heavy atom. The highest BCUT2D eigenvalue weighted by Crippen LogP contribution is 2.31. The number of esters is 1. The summed E-state index contributed by atoms with van der Waals surface area (Å²) in [5, 5.41) is 2.11. The Hall–Kier alpha value is -3.14. The van der Waals surface area contributed by atoms with Gasteiger partial charge in [0, 0.05) is 18.7 Å². The molecule has 4 rings (SSSR count). The molecule has 0 radical (unpaired) electrons. The molecule has 0 spiro atoms. The van der Waals surface area contributed by atoms with Crippen molar-refractivity contribution in [2.45, 2.75) is 20.3 Å². The first-order chi connectivity index (χ1) is 13.0. The van der Waals surface area contributed by atoms with E-state index in [1.165, 1.54) is 0 Å². The fourth-order valence-corrected chi connectivity index (χ4v) is 3.74. The van der Waals surface area contributed by atoms with Crippen molar-refractivity contribution in [3.63, 3.8) is 0 Å². The maximum atomic E-state index is 12.6. The van der Waals surface area contributed by atoms with Crippen LogP contribution in [0.3, 0.4) is 0 Å². The van der Waals surface area contributed by atoms with Crippen LogP contribution in [0.15, 0.2) is 60.7 Å². The number of anilines is 1. The SMILES string of the molecule is Cc1cccc(C)c1N1C[C@@H](C(=O)Oc2ccc3ccccc3c2)CC1=O. The summed E-state index contributed by atoms with van der Waals surface area (Å²) in [7, 11) is 0. The molecule has 1 saturated heterocycles. The number of ether oxygens (including phenoxy) is 1. The second kappa shape index (κ2) is 6.88. The molecule has 1 amide bonds. The second-order valence-electron chi connectivity index (χ2n) is 7.08. The third kappa shape index (κ3) is 3.31. The van der Waals surface area contributed by atoms with Crippen molar-refractivity contribution in [2.75, 3.05) is 11.4 Å². The molecule has 0 N–H and O–H groups in total. The van der Waals surface area contributed by atoms with Crippen LogP contribution in [0, 0.1) is 19.8 Å². The summed E-state index contributed by atoms with van der Waals surface area (Å²) in [6.07, 6.45) is 0.181. The van der Waals surface area contributed by atoms with Gasteiger partial charge in [-0.1, -0.05) is 48.5 Å². The molecule has 1 aliphatic heterocycles. The number of hydrogen-bond donors (Lipinski definition) is 0. The average Bonchev–Trinajstić information content (AvgIpc) is 3.03. The Balaban J connectivity index is 1.52. The van der Waals surface area contributed by atoms with Gasteiger partial charge in [-0.05, 0) is 47.9 Å². The Labute approximate surface area is 158 Å². The monoisotopic (exact) mass is 359 g/mol. The zero-order valence-electron chi connectivity index (χ0n) is 15.4. The van der Waals surface area contributed by atoms with Gasteiger partial charge in [-0.2, -0.15) is 0 Å². The first-order valence-corrected chi connectivity index (χ1v) is 9.10. The summed E-state index contributed by atoms with van der Waals surface area (Å²) >= 11 is 0. The van der Waals surface area contributed by atoms with Gasteiger partial charge < -0.3 is 9.64 Å². The van der Waals surface area contributed by atoms with Crippen LogP contribution in [-0.4, -0.2) is 18.4 Å². The van der Waals surface area contributed by atoms with Gasteiger partial charge >= 0.3 is 5.97 Å². The van der Waals surface area contributed by atoms with Crippen LogP contribution in [0.2, 0.25) is 0 Å². The predicted octanol–water partition coefficient (Wildman–Crippen LogP) is 4.42. The van der Waals surface area contributed by atoms with Crippen LogP contribution in [0.1, 0.15) is 17.5 Å². The van der Waals surface area contributed by atoms with Crippen LogP contribution in [-0.2, 0) is 9.59 Å². The quantitative estimate of drug-likeness (QED) is 0.514. The van der Waals surface area contributed by atoms with Crippen LogP contribution in [0.4, 0.5) is 5.69 Å². The van der Waals surface area contributed by atoms with E-state index in [1.807, 2.05) is 68.4 Å². The molecule has 1 atom stereocenters. The van der Waals surface area contributed by atoms with E-state index in [1.54, 1.807) is 11.0 Å². The van der Waals surface area contributed by atoms with Gasteiger partial charge in [0.05, 0.1) is 5.92 Å². The highest BCUT2D eigenvalue weighted by Gasteiger charge is 2.37. The van der Waals surface area contributed by atoms with Gasteiger partial charge in [0.25, 0.3) is 0 Å². The minimum atomic E-state index is -0.456. The van der Waals surface area contributed by atoms with Crippen LogP contribution >= 0.6 is 0 Å². The first-order valence-electron chi connectivity index (χ1n) is 9.10. The molecular formula is C23H21NO3.